The lowest BCUT2D eigenvalue weighted by Gasteiger charge is -2.31. The molecule has 0 unspecified atom stereocenters. The predicted octanol–water partition coefficient (Wildman–Crippen LogP) is 1.96. The van der Waals surface area contributed by atoms with Gasteiger partial charge in [0, 0.05) is 12.8 Å². The van der Waals surface area contributed by atoms with Crippen LogP contribution >= 0.6 is 0 Å². The van der Waals surface area contributed by atoms with Crippen molar-refractivity contribution >= 4 is 0 Å². The van der Waals surface area contributed by atoms with Gasteiger partial charge >= 0.3 is 0 Å². The predicted molar refractivity (Wildman–Crippen MR) is 50.5 cm³/mol. The van der Waals surface area contributed by atoms with Crippen LogP contribution in [0.2, 0.25) is 0 Å². The fourth-order valence-corrected chi connectivity index (χ4v) is 1.93. The number of para-hydroxylation sites is 2. The van der Waals surface area contributed by atoms with Gasteiger partial charge in [0.1, 0.15) is 0 Å². The highest BCUT2D eigenvalue weighted by molar-refractivity contribution is 5.42. The third-order valence-electron chi connectivity index (χ3n) is 2.70. The van der Waals surface area contributed by atoms with Crippen LogP contribution in [0.3, 0.4) is 0 Å². The summed E-state index contributed by atoms with van der Waals surface area (Å²) in [4.78, 5) is 0. The molecule has 2 aliphatic heterocycles. The lowest BCUT2D eigenvalue weighted by atomic mass is 10.1. The van der Waals surface area contributed by atoms with E-state index in [0.29, 0.717) is 13.2 Å². The second kappa shape index (κ2) is 2.89. The molecule has 3 nitrogen and oxygen atoms in total. The van der Waals surface area contributed by atoms with Gasteiger partial charge in [-0.3, -0.25) is 0 Å². The van der Waals surface area contributed by atoms with E-state index in [1.165, 1.54) is 0 Å². The van der Waals surface area contributed by atoms with E-state index in [0.717, 1.165) is 24.3 Å². The number of fused-ring (bicyclic) bond motifs is 1. The molecule has 0 N–H and O–H groups in total. The van der Waals surface area contributed by atoms with Crippen molar-refractivity contribution in [2.45, 2.75) is 18.6 Å². The van der Waals surface area contributed by atoms with Gasteiger partial charge < -0.3 is 14.2 Å². The largest absolute Gasteiger partial charge is 0.448 e. The summed E-state index contributed by atoms with van der Waals surface area (Å²) >= 11 is 0. The standard InChI is InChI=1S/C11H12O3/c1-2-4-10-9(3-1)13-11(14-10)5-7-12-8-6-11/h1-4H,5-8H2. The van der Waals surface area contributed by atoms with Gasteiger partial charge in [0.15, 0.2) is 11.5 Å². The summed E-state index contributed by atoms with van der Waals surface area (Å²) in [5.41, 5.74) is 0. The molecule has 1 spiro atoms. The van der Waals surface area contributed by atoms with Gasteiger partial charge in [-0.05, 0) is 12.1 Å². The van der Waals surface area contributed by atoms with Crippen LogP contribution in [0, 0.1) is 0 Å². The molecule has 3 heteroatoms. The normalized spacial score (nSPS) is 22.6. The van der Waals surface area contributed by atoms with Crippen LogP contribution in [0.4, 0.5) is 0 Å². The summed E-state index contributed by atoms with van der Waals surface area (Å²) in [5, 5.41) is 0. The molecule has 1 aromatic rings. The van der Waals surface area contributed by atoms with Crippen molar-refractivity contribution in [1.29, 1.82) is 0 Å². The second-order valence-corrected chi connectivity index (χ2v) is 3.67. The molecule has 2 heterocycles. The second-order valence-electron chi connectivity index (χ2n) is 3.67. The highest BCUT2D eigenvalue weighted by atomic mass is 16.7. The first-order valence-corrected chi connectivity index (χ1v) is 4.93. The van der Waals surface area contributed by atoms with E-state index in [2.05, 4.69) is 0 Å². The minimum Gasteiger partial charge on any atom is -0.448 e. The van der Waals surface area contributed by atoms with Gasteiger partial charge in [-0.25, -0.2) is 0 Å². The zero-order valence-corrected chi connectivity index (χ0v) is 7.86. The third kappa shape index (κ3) is 1.16. The van der Waals surface area contributed by atoms with Crippen molar-refractivity contribution in [2.75, 3.05) is 13.2 Å². The van der Waals surface area contributed by atoms with Gasteiger partial charge in [-0.2, -0.15) is 0 Å². The minimum absolute atomic E-state index is 0.443. The molecule has 0 bridgehead atoms. The van der Waals surface area contributed by atoms with Gasteiger partial charge in [0.25, 0.3) is 5.79 Å². The topological polar surface area (TPSA) is 27.7 Å². The van der Waals surface area contributed by atoms with E-state index >= 15 is 0 Å². The monoisotopic (exact) mass is 192 g/mol. The van der Waals surface area contributed by atoms with E-state index in [9.17, 15) is 0 Å². The lowest BCUT2D eigenvalue weighted by Crippen LogP contribution is -2.43. The van der Waals surface area contributed by atoms with Crippen molar-refractivity contribution in [2.24, 2.45) is 0 Å². The van der Waals surface area contributed by atoms with Crippen LogP contribution < -0.4 is 9.47 Å². The summed E-state index contributed by atoms with van der Waals surface area (Å²) in [6.45, 7) is 1.43. The van der Waals surface area contributed by atoms with Gasteiger partial charge in [-0.15, -0.1) is 0 Å². The van der Waals surface area contributed by atoms with Gasteiger partial charge in [-0.1, -0.05) is 12.1 Å². The highest BCUT2D eigenvalue weighted by Crippen LogP contribution is 2.42. The zero-order valence-electron chi connectivity index (χ0n) is 7.86. The number of hydrogen-bond acceptors (Lipinski definition) is 3. The van der Waals surface area contributed by atoms with Crippen LogP contribution in [0.1, 0.15) is 12.8 Å². The molecule has 0 amide bonds. The molecular formula is C11H12O3. The van der Waals surface area contributed by atoms with Crippen molar-refractivity contribution in [3.63, 3.8) is 0 Å². The molecule has 0 saturated carbocycles. The Labute approximate surface area is 82.6 Å². The third-order valence-corrected chi connectivity index (χ3v) is 2.70. The highest BCUT2D eigenvalue weighted by Gasteiger charge is 2.42. The van der Waals surface area contributed by atoms with E-state index < -0.39 is 5.79 Å². The molecule has 1 fully saturated rings. The molecule has 0 aromatic heterocycles. The first-order valence-electron chi connectivity index (χ1n) is 4.93. The van der Waals surface area contributed by atoms with E-state index in [4.69, 9.17) is 14.2 Å². The Balaban J connectivity index is 1.89. The van der Waals surface area contributed by atoms with Crippen molar-refractivity contribution < 1.29 is 14.2 Å². The molecule has 3 rings (SSSR count). The summed E-state index contributed by atoms with van der Waals surface area (Å²) in [6, 6.07) is 7.81. The fourth-order valence-electron chi connectivity index (χ4n) is 1.93. The van der Waals surface area contributed by atoms with E-state index in [1.54, 1.807) is 0 Å². The Morgan fingerprint density at radius 3 is 2.07 bits per heavy atom. The Kier molecular flexibility index (Phi) is 1.67. The van der Waals surface area contributed by atoms with Crippen molar-refractivity contribution in [3.05, 3.63) is 24.3 Å². The van der Waals surface area contributed by atoms with Crippen molar-refractivity contribution in [1.82, 2.24) is 0 Å². The molecular weight excluding hydrogens is 180 g/mol. The molecule has 1 saturated heterocycles. The van der Waals surface area contributed by atoms with Gasteiger partial charge in [0.05, 0.1) is 13.2 Å². The van der Waals surface area contributed by atoms with Crippen LogP contribution in [0.25, 0.3) is 0 Å². The van der Waals surface area contributed by atoms with E-state index in [1.807, 2.05) is 24.3 Å². The van der Waals surface area contributed by atoms with Crippen LogP contribution in [-0.2, 0) is 4.74 Å². The smallest absolute Gasteiger partial charge is 0.256 e. The van der Waals surface area contributed by atoms with Crippen molar-refractivity contribution in [3.8, 4) is 11.5 Å². The zero-order chi connectivity index (χ0) is 9.43. The van der Waals surface area contributed by atoms with E-state index in [-0.39, 0.29) is 0 Å². The number of benzene rings is 1. The van der Waals surface area contributed by atoms with Gasteiger partial charge in [0.2, 0.25) is 0 Å². The lowest BCUT2D eigenvalue weighted by molar-refractivity contribution is -0.143. The maximum atomic E-state index is 5.83. The molecule has 14 heavy (non-hydrogen) atoms. The summed E-state index contributed by atoms with van der Waals surface area (Å²) in [7, 11) is 0. The minimum atomic E-state index is -0.443. The first kappa shape index (κ1) is 8.12. The maximum absolute atomic E-state index is 5.83. The van der Waals surface area contributed by atoms with Crippen LogP contribution in [0.5, 0.6) is 11.5 Å². The quantitative estimate of drug-likeness (QED) is 0.629. The molecule has 2 aliphatic rings. The Bertz CT molecular complexity index is 315. The van der Waals surface area contributed by atoms with Crippen LogP contribution in [-0.4, -0.2) is 19.0 Å². The summed E-state index contributed by atoms with van der Waals surface area (Å²) < 4.78 is 17.0. The average Bonchev–Trinajstić information content (AvgIpc) is 2.56. The number of ether oxygens (including phenoxy) is 3. The molecule has 0 aliphatic carbocycles. The number of hydrogen-bond donors (Lipinski definition) is 0. The molecule has 0 radical (unpaired) electrons. The Morgan fingerprint density at radius 1 is 0.929 bits per heavy atom. The molecule has 0 atom stereocenters. The average molecular weight is 192 g/mol. The summed E-state index contributed by atoms with van der Waals surface area (Å²) in [6.07, 6.45) is 1.61. The molecule has 1 aromatic carbocycles. The molecule has 74 valence electrons. The first-order chi connectivity index (χ1) is 6.88. The fraction of sp³-hybridized carbons (Fsp3) is 0.455. The summed E-state index contributed by atoms with van der Waals surface area (Å²) in [5.74, 6) is 1.27. The Hall–Kier alpha value is -1.22. The Morgan fingerprint density at radius 2 is 1.50 bits per heavy atom. The SMILES string of the molecule is c1ccc2c(c1)OC1(CCOCC1)O2. The number of rotatable bonds is 0. The maximum Gasteiger partial charge on any atom is 0.256 e. The van der Waals surface area contributed by atoms with Crippen LogP contribution in [0.15, 0.2) is 24.3 Å².